The summed E-state index contributed by atoms with van der Waals surface area (Å²) in [5.74, 6) is 0.650. The van der Waals surface area contributed by atoms with E-state index < -0.39 is 0 Å². The highest BCUT2D eigenvalue weighted by atomic mass is 16.5. The van der Waals surface area contributed by atoms with Gasteiger partial charge in [-0.2, -0.15) is 0 Å². The molecule has 2 heterocycles. The zero-order valence-corrected chi connectivity index (χ0v) is 14.6. The molecule has 0 saturated carbocycles. The van der Waals surface area contributed by atoms with Gasteiger partial charge in [-0.25, -0.2) is 0 Å². The molecule has 0 radical (unpaired) electrons. The van der Waals surface area contributed by atoms with Crippen molar-refractivity contribution in [2.75, 3.05) is 32.7 Å². The van der Waals surface area contributed by atoms with Gasteiger partial charge in [-0.05, 0) is 44.7 Å². The van der Waals surface area contributed by atoms with Gasteiger partial charge >= 0.3 is 0 Å². The molecule has 2 aliphatic heterocycles. The van der Waals surface area contributed by atoms with Gasteiger partial charge < -0.3 is 14.7 Å². The van der Waals surface area contributed by atoms with Crippen molar-refractivity contribution in [3.05, 3.63) is 29.8 Å². The molecule has 2 saturated heterocycles. The molecule has 1 amide bonds. The van der Waals surface area contributed by atoms with Crippen LogP contribution < -0.4 is 0 Å². The van der Waals surface area contributed by atoms with Gasteiger partial charge in [-0.1, -0.05) is 12.1 Å². The normalized spacial score (nSPS) is 26.5. The highest BCUT2D eigenvalue weighted by Gasteiger charge is 2.28. The lowest BCUT2D eigenvalue weighted by molar-refractivity contribution is -0.0728. The van der Waals surface area contributed by atoms with Gasteiger partial charge in [-0.3, -0.25) is 9.69 Å². The summed E-state index contributed by atoms with van der Waals surface area (Å²) < 4.78 is 5.80. The van der Waals surface area contributed by atoms with E-state index in [-0.39, 0.29) is 11.7 Å². The molecular formula is C19H28N2O3. The molecule has 0 bridgehead atoms. The number of nitrogens with zero attached hydrogens (tertiary/aromatic N) is 2. The smallest absolute Gasteiger partial charge is 0.257 e. The molecule has 5 nitrogen and oxygen atoms in total. The third kappa shape index (κ3) is 4.08. The van der Waals surface area contributed by atoms with E-state index in [1.165, 1.54) is 0 Å². The number of rotatable bonds is 3. The van der Waals surface area contributed by atoms with Crippen molar-refractivity contribution in [3.8, 4) is 5.75 Å². The fourth-order valence-electron chi connectivity index (χ4n) is 3.94. The maximum absolute atomic E-state index is 12.5. The van der Waals surface area contributed by atoms with Gasteiger partial charge in [0.15, 0.2) is 0 Å². The van der Waals surface area contributed by atoms with E-state index >= 15 is 0 Å². The quantitative estimate of drug-likeness (QED) is 0.923. The Morgan fingerprint density at radius 1 is 1.17 bits per heavy atom. The molecule has 0 aromatic heterocycles. The zero-order valence-electron chi connectivity index (χ0n) is 14.6. The predicted octanol–water partition coefficient (Wildman–Crippen LogP) is 2.35. The van der Waals surface area contributed by atoms with Crippen LogP contribution in [0.25, 0.3) is 0 Å². The van der Waals surface area contributed by atoms with Gasteiger partial charge in [0.1, 0.15) is 5.75 Å². The molecule has 0 aliphatic carbocycles. The third-order valence-corrected chi connectivity index (χ3v) is 5.05. The fraction of sp³-hybridized carbons (Fsp3) is 0.632. The largest absolute Gasteiger partial charge is 0.507 e. The predicted molar refractivity (Wildman–Crippen MR) is 93.2 cm³/mol. The third-order valence-electron chi connectivity index (χ3n) is 5.05. The number of para-hydroxylation sites is 1. The van der Waals surface area contributed by atoms with E-state index in [0.29, 0.717) is 23.7 Å². The maximum atomic E-state index is 12.5. The lowest BCUT2D eigenvalue weighted by Crippen LogP contribution is -2.48. The number of phenols is 1. The Morgan fingerprint density at radius 3 is 2.42 bits per heavy atom. The Labute approximate surface area is 144 Å². The Kier molecular flexibility index (Phi) is 5.41. The number of piperidine rings is 1. The zero-order chi connectivity index (χ0) is 17.1. The van der Waals surface area contributed by atoms with Crippen LogP contribution in [0.3, 0.4) is 0 Å². The van der Waals surface area contributed by atoms with E-state index in [4.69, 9.17) is 4.74 Å². The summed E-state index contributed by atoms with van der Waals surface area (Å²) in [7, 11) is 0. The Hall–Kier alpha value is -1.59. The summed E-state index contributed by atoms with van der Waals surface area (Å²) in [6, 6.07) is 6.80. The Morgan fingerprint density at radius 2 is 1.79 bits per heavy atom. The van der Waals surface area contributed by atoms with Crippen LogP contribution in [-0.4, -0.2) is 65.7 Å². The molecular weight excluding hydrogens is 304 g/mol. The van der Waals surface area contributed by atoms with Crippen LogP contribution >= 0.6 is 0 Å². The molecule has 24 heavy (non-hydrogen) atoms. The molecule has 1 aromatic carbocycles. The number of aromatic hydroxyl groups is 1. The van der Waals surface area contributed by atoms with Crippen LogP contribution in [0.5, 0.6) is 5.75 Å². The van der Waals surface area contributed by atoms with E-state index in [1.807, 2.05) is 4.90 Å². The second-order valence-electron chi connectivity index (χ2n) is 7.23. The van der Waals surface area contributed by atoms with Gasteiger partial charge in [0.05, 0.1) is 17.8 Å². The first-order chi connectivity index (χ1) is 11.5. The molecule has 132 valence electrons. The number of hydrogen-bond acceptors (Lipinski definition) is 4. The number of phenolic OH excluding ortho intramolecular Hbond substituents is 1. The molecule has 1 aromatic rings. The number of ether oxygens (including phenoxy) is 1. The summed E-state index contributed by atoms with van der Waals surface area (Å²) in [6.07, 6.45) is 2.66. The number of amides is 1. The van der Waals surface area contributed by atoms with Crippen LogP contribution in [0.15, 0.2) is 24.3 Å². The minimum Gasteiger partial charge on any atom is -0.507 e. The molecule has 0 unspecified atom stereocenters. The molecule has 5 heteroatoms. The average Bonchev–Trinajstić information content (AvgIpc) is 2.54. The molecule has 3 rings (SSSR count). The van der Waals surface area contributed by atoms with Crippen LogP contribution in [0.1, 0.15) is 37.0 Å². The topological polar surface area (TPSA) is 53.0 Å². The molecule has 2 atom stereocenters. The van der Waals surface area contributed by atoms with Crippen molar-refractivity contribution in [1.82, 2.24) is 9.80 Å². The first-order valence-corrected chi connectivity index (χ1v) is 8.98. The summed E-state index contributed by atoms with van der Waals surface area (Å²) in [5, 5.41) is 9.86. The van der Waals surface area contributed by atoms with E-state index in [0.717, 1.165) is 45.6 Å². The summed E-state index contributed by atoms with van der Waals surface area (Å²) in [4.78, 5) is 16.9. The minimum atomic E-state index is -0.0554. The standard InChI is InChI=1S/C19H28N2O3/c1-14-11-20(12-15(2)24-14)13-16-7-9-21(10-8-16)19(23)17-5-3-4-6-18(17)22/h3-6,14-16,22H,7-13H2,1-2H3/t14-,15-/m0/s1. The highest BCUT2D eigenvalue weighted by molar-refractivity contribution is 5.96. The van der Waals surface area contributed by atoms with Gasteiger partial charge in [0, 0.05) is 32.7 Å². The van der Waals surface area contributed by atoms with Crippen molar-refractivity contribution >= 4 is 5.91 Å². The Balaban J connectivity index is 1.51. The lowest BCUT2D eigenvalue weighted by atomic mass is 9.95. The SMILES string of the molecule is C[C@H]1CN(CC2CCN(C(=O)c3ccccc3O)CC2)C[C@H](C)O1. The Bertz CT molecular complexity index is 559. The highest BCUT2D eigenvalue weighted by Crippen LogP contribution is 2.24. The molecule has 1 N–H and O–H groups in total. The maximum Gasteiger partial charge on any atom is 0.257 e. The monoisotopic (exact) mass is 332 g/mol. The summed E-state index contributed by atoms with van der Waals surface area (Å²) in [5.41, 5.74) is 0.409. The van der Waals surface area contributed by atoms with E-state index in [1.54, 1.807) is 24.3 Å². The summed E-state index contributed by atoms with van der Waals surface area (Å²) in [6.45, 7) is 8.91. The van der Waals surface area contributed by atoms with Crippen molar-refractivity contribution < 1.29 is 14.6 Å². The van der Waals surface area contributed by atoms with Gasteiger partial charge in [0.25, 0.3) is 5.91 Å². The van der Waals surface area contributed by atoms with Crippen molar-refractivity contribution in [3.63, 3.8) is 0 Å². The van der Waals surface area contributed by atoms with E-state index in [2.05, 4.69) is 18.7 Å². The number of benzene rings is 1. The second kappa shape index (κ2) is 7.53. The van der Waals surface area contributed by atoms with Crippen LogP contribution in [0.4, 0.5) is 0 Å². The number of carbonyl (C=O) groups excluding carboxylic acids is 1. The first-order valence-electron chi connectivity index (χ1n) is 8.98. The van der Waals surface area contributed by atoms with Crippen LogP contribution in [-0.2, 0) is 4.74 Å². The van der Waals surface area contributed by atoms with E-state index in [9.17, 15) is 9.90 Å². The lowest BCUT2D eigenvalue weighted by Gasteiger charge is -2.39. The number of likely N-dealkylation sites (tertiary alicyclic amines) is 1. The molecule has 2 aliphatic rings. The average molecular weight is 332 g/mol. The fourth-order valence-corrected chi connectivity index (χ4v) is 3.94. The van der Waals surface area contributed by atoms with Crippen LogP contribution in [0.2, 0.25) is 0 Å². The number of morpholine rings is 1. The van der Waals surface area contributed by atoms with Crippen molar-refractivity contribution in [2.24, 2.45) is 5.92 Å². The van der Waals surface area contributed by atoms with Gasteiger partial charge in [0.2, 0.25) is 0 Å². The minimum absolute atomic E-state index is 0.0554. The van der Waals surface area contributed by atoms with Crippen molar-refractivity contribution in [2.45, 2.75) is 38.9 Å². The van der Waals surface area contributed by atoms with Crippen LogP contribution in [0, 0.1) is 5.92 Å². The number of hydrogen-bond donors (Lipinski definition) is 1. The number of carbonyl (C=O) groups is 1. The summed E-state index contributed by atoms with van der Waals surface area (Å²) >= 11 is 0. The molecule has 2 fully saturated rings. The van der Waals surface area contributed by atoms with Crippen molar-refractivity contribution in [1.29, 1.82) is 0 Å². The second-order valence-corrected chi connectivity index (χ2v) is 7.23. The van der Waals surface area contributed by atoms with Gasteiger partial charge in [-0.15, -0.1) is 0 Å². The molecule has 0 spiro atoms. The first kappa shape index (κ1) is 17.2.